The van der Waals surface area contributed by atoms with E-state index in [1.165, 1.54) is 4.90 Å². The molecule has 0 fully saturated rings. The summed E-state index contributed by atoms with van der Waals surface area (Å²) in [4.78, 5) is 27.2. The van der Waals surface area contributed by atoms with Gasteiger partial charge < -0.3 is 10.6 Å². The highest BCUT2D eigenvalue weighted by atomic mass is 16.2. The minimum Gasteiger partial charge on any atom is -0.383 e. The van der Waals surface area contributed by atoms with Crippen molar-refractivity contribution in [3.05, 3.63) is 71.8 Å². The average Bonchev–Trinajstić information content (AvgIpc) is 2.76. The number of rotatable bonds is 8. The molecule has 1 heterocycles. The molecule has 0 radical (unpaired) electrons. The van der Waals surface area contributed by atoms with Crippen molar-refractivity contribution >= 4 is 34.0 Å². The lowest BCUT2D eigenvalue weighted by Crippen LogP contribution is -2.40. The van der Waals surface area contributed by atoms with Crippen LogP contribution in [-0.4, -0.2) is 36.3 Å². The molecule has 1 aliphatic rings. The van der Waals surface area contributed by atoms with E-state index in [1.807, 2.05) is 60.7 Å². The van der Waals surface area contributed by atoms with Crippen molar-refractivity contribution in [3.8, 4) is 0 Å². The van der Waals surface area contributed by atoms with Crippen molar-refractivity contribution < 1.29 is 9.59 Å². The van der Waals surface area contributed by atoms with E-state index < -0.39 is 0 Å². The van der Waals surface area contributed by atoms with E-state index >= 15 is 0 Å². The van der Waals surface area contributed by atoms with Crippen molar-refractivity contribution in [2.75, 3.05) is 30.3 Å². The van der Waals surface area contributed by atoms with E-state index in [0.29, 0.717) is 17.7 Å². The minimum atomic E-state index is -0.190. The topological polar surface area (TPSA) is 61.4 Å². The van der Waals surface area contributed by atoms with Gasteiger partial charge in [0.05, 0.1) is 0 Å². The summed E-state index contributed by atoms with van der Waals surface area (Å²) in [5.74, 6) is -0.381. The zero-order valence-electron chi connectivity index (χ0n) is 16.6. The Morgan fingerprint density at radius 2 is 1.52 bits per heavy atom. The van der Waals surface area contributed by atoms with Crippen LogP contribution in [0, 0.1) is 0 Å². The molecule has 2 N–H and O–H groups in total. The molecule has 0 aromatic heterocycles. The minimum absolute atomic E-state index is 0.190. The lowest BCUT2D eigenvalue weighted by atomic mass is 9.93. The Bertz CT molecular complexity index is 1020. The molecular weight excluding hydrogens is 362 g/mol. The van der Waals surface area contributed by atoms with Crippen molar-refractivity contribution in [1.82, 2.24) is 4.90 Å². The van der Waals surface area contributed by atoms with Crippen LogP contribution in [0.15, 0.2) is 60.7 Å². The molecule has 0 atom stereocenters. The summed E-state index contributed by atoms with van der Waals surface area (Å²) >= 11 is 0. The SMILES string of the molecule is CCCCN1C(=O)c2cccc3c(NCCNc4ccccc4)ccc(c23)C1=O. The Balaban J connectivity index is 1.56. The van der Waals surface area contributed by atoms with Crippen LogP contribution in [-0.2, 0) is 0 Å². The van der Waals surface area contributed by atoms with E-state index in [-0.39, 0.29) is 11.8 Å². The lowest BCUT2D eigenvalue weighted by molar-refractivity contribution is 0.0608. The van der Waals surface area contributed by atoms with Gasteiger partial charge in [-0.15, -0.1) is 0 Å². The molecule has 148 valence electrons. The molecule has 0 saturated heterocycles. The third kappa shape index (κ3) is 3.68. The van der Waals surface area contributed by atoms with Crippen molar-refractivity contribution in [2.24, 2.45) is 0 Å². The van der Waals surface area contributed by atoms with Crippen LogP contribution < -0.4 is 10.6 Å². The first-order valence-corrected chi connectivity index (χ1v) is 10.2. The second-order valence-electron chi connectivity index (χ2n) is 7.22. The van der Waals surface area contributed by atoms with Crippen LogP contribution in [0.3, 0.4) is 0 Å². The first-order chi connectivity index (χ1) is 14.2. The summed E-state index contributed by atoms with van der Waals surface area (Å²) < 4.78 is 0. The predicted molar refractivity (Wildman–Crippen MR) is 118 cm³/mol. The number of amides is 2. The van der Waals surface area contributed by atoms with Gasteiger partial charge in [0.25, 0.3) is 11.8 Å². The van der Waals surface area contributed by atoms with Crippen LogP contribution in [0.5, 0.6) is 0 Å². The second kappa shape index (κ2) is 8.35. The molecule has 0 unspecified atom stereocenters. The number of anilines is 2. The number of carbonyl (C=O) groups excluding carboxylic acids is 2. The van der Waals surface area contributed by atoms with E-state index in [1.54, 1.807) is 0 Å². The number of nitrogens with one attached hydrogen (secondary N) is 2. The fourth-order valence-electron chi connectivity index (χ4n) is 3.78. The number of hydrogen-bond donors (Lipinski definition) is 2. The van der Waals surface area contributed by atoms with Gasteiger partial charge in [0.1, 0.15) is 0 Å². The third-order valence-electron chi connectivity index (χ3n) is 5.27. The molecular formula is C24H25N3O2. The Morgan fingerprint density at radius 3 is 2.28 bits per heavy atom. The van der Waals surface area contributed by atoms with Gasteiger partial charge in [0.15, 0.2) is 0 Å². The van der Waals surface area contributed by atoms with Crippen LogP contribution in [0.2, 0.25) is 0 Å². The molecule has 4 rings (SSSR count). The van der Waals surface area contributed by atoms with Gasteiger partial charge in [-0.05, 0) is 36.8 Å². The summed E-state index contributed by atoms with van der Waals surface area (Å²) in [6.07, 6.45) is 1.75. The van der Waals surface area contributed by atoms with Gasteiger partial charge in [0, 0.05) is 52.9 Å². The first kappa shape index (κ1) is 19.0. The smallest absolute Gasteiger partial charge is 0.261 e. The van der Waals surface area contributed by atoms with Gasteiger partial charge in [-0.2, -0.15) is 0 Å². The van der Waals surface area contributed by atoms with Crippen LogP contribution in [0.1, 0.15) is 40.5 Å². The van der Waals surface area contributed by atoms with Gasteiger partial charge in [-0.1, -0.05) is 43.7 Å². The predicted octanol–water partition coefficient (Wildman–Crippen LogP) is 4.76. The molecule has 5 heteroatoms. The summed E-state index contributed by atoms with van der Waals surface area (Å²) in [6, 6.07) is 19.5. The van der Waals surface area contributed by atoms with Gasteiger partial charge in [-0.3, -0.25) is 14.5 Å². The van der Waals surface area contributed by atoms with Crippen molar-refractivity contribution in [1.29, 1.82) is 0 Å². The summed E-state index contributed by atoms with van der Waals surface area (Å²) in [6.45, 7) is 4.00. The number of benzene rings is 3. The van der Waals surface area contributed by atoms with Crippen molar-refractivity contribution in [2.45, 2.75) is 19.8 Å². The third-order valence-corrected chi connectivity index (χ3v) is 5.27. The number of carbonyl (C=O) groups is 2. The van der Waals surface area contributed by atoms with Crippen LogP contribution in [0.4, 0.5) is 11.4 Å². The Morgan fingerprint density at radius 1 is 0.793 bits per heavy atom. The molecule has 29 heavy (non-hydrogen) atoms. The molecule has 5 nitrogen and oxygen atoms in total. The normalized spacial score (nSPS) is 13.1. The Kier molecular flexibility index (Phi) is 5.47. The molecule has 1 aliphatic heterocycles. The molecule has 0 saturated carbocycles. The molecule has 3 aromatic carbocycles. The summed E-state index contributed by atoms with van der Waals surface area (Å²) in [7, 11) is 0. The maximum atomic E-state index is 12.9. The highest BCUT2D eigenvalue weighted by molar-refractivity contribution is 6.26. The van der Waals surface area contributed by atoms with Gasteiger partial charge in [-0.25, -0.2) is 0 Å². The maximum absolute atomic E-state index is 12.9. The number of para-hydroxylation sites is 1. The number of imide groups is 1. The van der Waals surface area contributed by atoms with Crippen LogP contribution in [0.25, 0.3) is 10.8 Å². The molecule has 0 spiro atoms. The molecule has 2 amide bonds. The molecule has 0 bridgehead atoms. The lowest BCUT2D eigenvalue weighted by Gasteiger charge is -2.27. The van der Waals surface area contributed by atoms with E-state index in [2.05, 4.69) is 17.6 Å². The highest BCUT2D eigenvalue weighted by Crippen LogP contribution is 2.34. The fraction of sp³-hybridized carbons (Fsp3) is 0.250. The zero-order chi connectivity index (χ0) is 20.2. The van der Waals surface area contributed by atoms with Crippen molar-refractivity contribution in [3.63, 3.8) is 0 Å². The fourth-order valence-corrected chi connectivity index (χ4v) is 3.78. The van der Waals surface area contributed by atoms with E-state index in [9.17, 15) is 9.59 Å². The standard InChI is InChI=1S/C24H25N3O2/c1-2-3-16-27-23(28)19-11-7-10-18-21(13-12-20(22(18)19)24(27)29)26-15-14-25-17-8-5-4-6-9-17/h4-13,25-26H,2-3,14-16H2,1H3. The van der Waals surface area contributed by atoms with Gasteiger partial charge >= 0.3 is 0 Å². The zero-order valence-corrected chi connectivity index (χ0v) is 16.6. The number of nitrogens with zero attached hydrogens (tertiary/aromatic N) is 1. The molecule has 3 aromatic rings. The summed E-state index contributed by atoms with van der Waals surface area (Å²) in [5.41, 5.74) is 3.23. The second-order valence-corrected chi connectivity index (χ2v) is 7.22. The first-order valence-electron chi connectivity index (χ1n) is 10.2. The van der Waals surface area contributed by atoms with Crippen LogP contribution >= 0.6 is 0 Å². The average molecular weight is 387 g/mol. The van der Waals surface area contributed by atoms with Gasteiger partial charge in [0.2, 0.25) is 0 Å². The van der Waals surface area contributed by atoms with E-state index in [4.69, 9.17) is 0 Å². The maximum Gasteiger partial charge on any atom is 0.261 e. The number of hydrogen-bond acceptors (Lipinski definition) is 4. The Hall–Kier alpha value is -3.34. The molecule has 0 aliphatic carbocycles. The monoisotopic (exact) mass is 387 g/mol. The quantitative estimate of drug-likeness (QED) is 0.432. The summed E-state index contributed by atoms with van der Waals surface area (Å²) in [5, 5.41) is 8.48. The number of unbranched alkanes of at least 4 members (excludes halogenated alkanes) is 1. The Labute approximate surface area is 170 Å². The highest BCUT2D eigenvalue weighted by Gasteiger charge is 2.32. The largest absolute Gasteiger partial charge is 0.383 e. The van der Waals surface area contributed by atoms with E-state index in [0.717, 1.165) is 48.1 Å².